The predicted molar refractivity (Wildman–Crippen MR) is 122 cm³/mol. The van der Waals surface area contributed by atoms with Crippen LogP contribution in [0.25, 0.3) is 22.0 Å². The highest BCUT2D eigenvalue weighted by molar-refractivity contribution is 5.98. The summed E-state index contributed by atoms with van der Waals surface area (Å²) in [6.07, 6.45) is 0. The lowest BCUT2D eigenvalue weighted by Gasteiger charge is -2.41. The molecule has 2 aromatic heterocycles. The predicted octanol–water partition coefficient (Wildman–Crippen LogP) is 4.65. The van der Waals surface area contributed by atoms with Crippen molar-refractivity contribution in [2.45, 2.75) is 19.9 Å². The van der Waals surface area contributed by atoms with Gasteiger partial charge in [0.1, 0.15) is 5.75 Å². The molecule has 1 aliphatic rings. The largest absolute Gasteiger partial charge is 0.497 e. The van der Waals surface area contributed by atoms with Gasteiger partial charge in [-0.1, -0.05) is 17.7 Å². The van der Waals surface area contributed by atoms with E-state index in [1.807, 2.05) is 29.2 Å². The molecule has 0 spiro atoms. The van der Waals surface area contributed by atoms with Gasteiger partial charge in [0.15, 0.2) is 5.76 Å². The molecule has 1 unspecified atom stereocenters. The minimum absolute atomic E-state index is 0.0879. The topological polar surface area (TPSA) is 58.8 Å². The maximum Gasteiger partial charge on any atom is 0.289 e. The minimum Gasteiger partial charge on any atom is -0.497 e. The normalized spacial score (nSPS) is 16.8. The number of furan rings is 1. The van der Waals surface area contributed by atoms with Gasteiger partial charge in [0.25, 0.3) is 5.91 Å². The van der Waals surface area contributed by atoms with Crippen molar-refractivity contribution in [2.24, 2.45) is 0 Å². The summed E-state index contributed by atoms with van der Waals surface area (Å²) < 4.78 is 11.2. The Labute approximate surface area is 181 Å². The van der Waals surface area contributed by atoms with Gasteiger partial charge in [-0.05, 0) is 56.3 Å². The molecule has 5 rings (SSSR count). The van der Waals surface area contributed by atoms with Gasteiger partial charge in [-0.2, -0.15) is 0 Å². The molecule has 31 heavy (non-hydrogen) atoms. The maximum atomic E-state index is 13.2. The molecule has 0 N–H and O–H groups in total. The maximum absolute atomic E-state index is 13.2. The highest BCUT2D eigenvalue weighted by Crippen LogP contribution is 2.27. The smallest absolute Gasteiger partial charge is 0.289 e. The summed E-state index contributed by atoms with van der Waals surface area (Å²) in [6.45, 7) is 6.33. The van der Waals surface area contributed by atoms with Crippen molar-refractivity contribution in [1.29, 1.82) is 0 Å². The van der Waals surface area contributed by atoms with E-state index in [1.165, 1.54) is 11.3 Å². The molecule has 3 heterocycles. The van der Waals surface area contributed by atoms with Crippen LogP contribution in [-0.4, -0.2) is 48.6 Å². The molecule has 158 valence electrons. The van der Waals surface area contributed by atoms with Crippen LogP contribution in [0, 0.1) is 6.92 Å². The van der Waals surface area contributed by atoms with Crippen molar-refractivity contribution in [3.05, 3.63) is 65.9 Å². The second kappa shape index (κ2) is 7.61. The van der Waals surface area contributed by atoms with Crippen LogP contribution >= 0.6 is 0 Å². The van der Waals surface area contributed by atoms with Crippen LogP contribution in [0.3, 0.4) is 0 Å². The third-order valence-electron chi connectivity index (χ3n) is 6.00. The minimum atomic E-state index is -0.0879. The Hall–Kier alpha value is -3.54. The van der Waals surface area contributed by atoms with Crippen LogP contribution in [-0.2, 0) is 0 Å². The SMILES string of the molecule is COc1ccc2nc3oc(C(=O)N4CCN(c5ccc(C)cc5)C(C)C4)cc3cc2c1. The van der Waals surface area contributed by atoms with E-state index < -0.39 is 0 Å². The highest BCUT2D eigenvalue weighted by atomic mass is 16.5. The van der Waals surface area contributed by atoms with Crippen LogP contribution in [0.15, 0.2) is 59.0 Å². The lowest BCUT2D eigenvalue weighted by molar-refractivity contribution is 0.0696. The van der Waals surface area contributed by atoms with E-state index in [1.54, 1.807) is 13.2 Å². The molecular weight excluding hydrogens is 390 g/mol. The molecule has 0 saturated carbocycles. The van der Waals surface area contributed by atoms with Gasteiger partial charge < -0.3 is 19.0 Å². The van der Waals surface area contributed by atoms with Crippen LogP contribution < -0.4 is 9.64 Å². The number of nitrogens with zero attached hydrogens (tertiary/aromatic N) is 3. The summed E-state index contributed by atoms with van der Waals surface area (Å²) in [7, 11) is 1.64. The van der Waals surface area contributed by atoms with Crippen molar-refractivity contribution in [1.82, 2.24) is 9.88 Å². The molecule has 1 atom stereocenters. The Morgan fingerprint density at radius 1 is 1.06 bits per heavy atom. The summed E-state index contributed by atoms with van der Waals surface area (Å²) >= 11 is 0. The van der Waals surface area contributed by atoms with E-state index in [2.05, 4.69) is 48.0 Å². The molecule has 1 aliphatic heterocycles. The summed E-state index contributed by atoms with van der Waals surface area (Å²) in [5.74, 6) is 1.02. The lowest BCUT2D eigenvalue weighted by Crippen LogP contribution is -2.53. The quantitative estimate of drug-likeness (QED) is 0.488. The number of carbonyl (C=O) groups is 1. The number of benzene rings is 2. The second-order valence-corrected chi connectivity index (χ2v) is 8.18. The number of hydrogen-bond donors (Lipinski definition) is 0. The molecular formula is C25H25N3O3. The first-order valence-corrected chi connectivity index (χ1v) is 10.5. The van der Waals surface area contributed by atoms with Gasteiger partial charge in [-0.15, -0.1) is 0 Å². The van der Waals surface area contributed by atoms with Gasteiger partial charge in [0, 0.05) is 42.1 Å². The van der Waals surface area contributed by atoms with Crippen molar-refractivity contribution in [3.63, 3.8) is 0 Å². The van der Waals surface area contributed by atoms with E-state index >= 15 is 0 Å². The third-order valence-corrected chi connectivity index (χ3v) is 6.00. The molecule has 2 aromatic carbocycles. The van der Waals surface area contributed by atoms with Crippen LogP contribution in [0.1, 0.15) is 23.0 Å². The van der Waals surface area contributed by atoms with Crippen molar-refractivity contribution in [2.75, 3.05) is 31.6 Å². The van der Waals surface area contributed by atoms with Crippen LogP contribution in [0.2, 0.25) is 0 Å². The average Bonchev–Trinajstić information content (AvgIpc) is 3.20. The number of aryl methyl sites for hydroxylation is 1. The van der Waals surface area contributed by atoms with Crippen molar-refractivity contribution in [3.8, 4) is 5.75 Å². The number of hydrogen-bond acceptors (Lipinski definition) is 5. The Morgan fingerprint density at radius 2 is 1.87 bits per heavy atom. The Balaban J connectivity index is 1.37. The fourth-order valence-corrected chi connectivity index (χ4v) is 4.26. The Bertz CT molecular complexity index is 1260. The van der Waals surface area contributed by atoms with Crippen molar-refractivity contribution < 1.29 is 13.9 Å². The molecule has 1 saturated heterocycles. The number of rotatable bonds is 3. The summed E-state index contributed by atoms with van der Waals surface area (Å²) in [4.78, 5) is 22.0. The fraction of sp³-hybridized carbons (Fsp3) is 0.280. The van der Waals surface area contributed by atoms with Crippen LogP contribution in [0.4, 0.5) is 5.69 Å². The number of anilines is 1. The number of amides is 1. The summed E-state index contributed by atoms with van der Waals surface area (Å²) in [5, 5.41) is 1.77. The van der Waals surface area contributed by atoms with Gasteiger partial charge >= 0.3 is 0 Å². The molecule has 4 aromatic rings. The first-order valence-electron chi connectivity index (χ1n) is 10.5. The molecule has 0 aliphatic carbocycles. The number of fused-ring (bicyclic) bond motifs is 2. The second-order valence-electron chi connectivity index (χ2n) is 8.18. The van der Waals surface area contributed by atoms with Gasteiger partial charge in [0.05, 0.1) is 12.6 Å². The first kappa shape index (κ1) is 19.4. The van der Waals surface area contributed by atoms with Gasteiger partial charge in [-0.25, -0.2) is 4.98 Å². The Morgan fingerprint density at radius 3 is 2.61 bits per heavy atom. The van der Waals surface area contributed by atoms with E-state index in [0.29, 0.717) is 24.6 Å². The number of aromatic nitrogens is 1. The highest BCUT2D eigenvalue weighted by Gasteiger charge is 2.29. The first-order chi connectivity index (χ1) is 15.0. The van der Waals surface area contributed by atoms with Gasteiger partial charge in [0.2, 0.25) is 5.71 Å². The standard InChI is InChI=1S/C25H25N3O3/c1-16-4-6-20(7-5-16)28-11-10-27(15-17(28)2)25(29)23-14-19-12-18-13-21(30-3)8-9-22(18)26-24(19)31-23/h4-9,12-14,17H,10-11,15H2,1-3H3. The number of ether oxygens (including phenoxy) is 1. The van der Waals surface area contributed by atoms with Gasteiger partial charge in [-0.3, -0.25) is 4.79 Å². The molecule has 0 bridgehead atoms. The molecule has 1 fully saturated rings. The summed E-state index contributed by atoms with van der Waals surface area (Å²) in [5.41, 5.74) is 3.73. The van der Waals surface area contributed by atoms with E-state index in [0.717, 1.165) is 28.6 Å². The molecule has 6 heteroatoms. The van der Waals surface area contributed by atoms with Crippen molar-refractivity contribution >= 4 is 33.6 Å². The zero-order valence-electron chi connectivity index (χ0n) is 18.0. The monoisotopic (exact) mass is 415 g/mol. The Kier molecular flexibility index (Phi) is 4.77. The zero-order chi connectivity index (χ0) is 21.5. The van der Waals surface area contributed by atoms with E-state index in [4.69, 9.17) is 9.15 Å². The average molecular weight is 415 g/mol. The number of pyridine rings is 1. The third kappa shape index (κ3) is 3.58. The molecule has 0 radical (unpaired) electrons. The molecule has 6 nitrogen and oxygen atoms in total. The number of methoxy groups -OCH3 is 1. The molecule has 1 amide bonds. The van der Waals surface area contributed by atoms with Crippen LogP contribution in [0.5, 0.6) is 5.75 Å². The number of piperazine rings is 1. The summed E-state index contributed by atoms with van der Waals surface area (Å²) in [6, 6.07) is 18.2. The fourth-order valence-electron chi connectivity index (χ4n) is 4.26. The number of carbonyl (C=O) groups excluding carboxylic acids is 1. The lowest BCUT2D eigenvalue weighted by atomic mass is 10.1. The van der Waals surface area contributed by atoms with E-state index in [9.17, 15) is 4.79 Å². The zero-order valence-corrected chi connectivity index (χ0v) is 18.0. The van der Waals surface area contributed by atoms with E-state index in [-0.39, 0.29) is 11.9 Å².